The minimum Gasteiger partial charge on any atom is -0.393 e. The van der Waals surface area contributed by atoms with Crippen LogP contribution >= 0.6 is 0 Å². The number of rotatable bonds is 2. The van der Waals surface area contributed by atoms with Gasteiger partial charge in [-0.15, -0.1) is 0 Å². The molecule has 0 amide bonds. The first kappa shape index (κ1) is 25.4. The standard InChI is InChI=1S/C36H56O/c37-36-33-15-7-6-14-31(33)35(30-16-8-12-27-11-4-5-13-29(27)30)32-22-21-28(23-34(32)36)26-19-17-25(18-20-26)24-9-2-1-3-10-24/h4-5,24-29,31-34,36-37H,1-3,6-23H2/b35-30-. The molecule has 7 rings (SSSR count). The van der Waals surface area contributed by atoms with Crippen LogP contribution in [0.4, 0.5) is 0 Å². The van der Waals surface area contributed by atoms with Crippen molar-refractivity contribution in [3.8, 4) is 0 Å². The van der Waals surface area contributed by atoms with E-state index in [4.69, 9.17) is 0 Å². The first-order valence-electron chi connectivity index (χ1n) is 17.3. The van der Waals surface area contributed by atoms with Crippen molar-refractivity contribution in [3.05, 3.63) is 23.3 Å². The molecule has 37 heavy (non-hydrogen) atoms. The Morgan fingerprint density at radius 2 is 1.11 bits per heavy atom. The summed E-state index contributed by atoms with van der Waals surface area (Å²) >= 11 is 0. The number of allylic oxidation sites excluding steroid dienone is 4. The van der Waals surface area contributed by atoms with E-state index in [-0.39, 0.29) is 6.10 Å². The largest absolute Gasteiger partial charge is 0.393 e. The van der Waals surface area contributed by atoms with Crippen molar-refractivity contribution in [2.75, 3.05) is 0 Å². The number of fused-ring (bicyclic) bond motifs is 3. The molecule has 0 radical (unpaired) electrons. The fraction of sp³-hybridized carbons (Fsp3) is 0.889. The van der Waals surface area contributed by atoms with E-state index in [2.05, 4.69) is 12.2 Å². The van der Waals surface area contributed by atoms with Crippen molar-refractivity contribution in [3.63, 3.8) is 0 Å². The Morgan fingerprint density at radius 3 is 1.95 bits per heavy atom. The average Bonchev–Trinajstić information content (AvgIpc) is 2.98. The quantitative estimate of drug-likeness (QED) is 0.371. The number of hydrogen-bond acceptors (Lipinski definition) is 1. The summed E-state index contributed by atoms with van der Waals surface area (Å²) in [4.78, 5) is 0. The van der Waals surface area contributed by atoms with Crippen LogP contribution in [0, 0.1) is 59.2 Å². The maximum Gasteiger partial charge on any atom is 0.0608 e. The van der Waals surface area contributed by atoms with E-state index < -0.39 is 0 Å². The molecule has 1 heteroatoms. The zero-order valence-corrected chi connectivity index (χ0v) is 23.8. The highest BCUT2D eigenvalue weighted by molar-refractivity contribution is 5.31. The van der Waals surface area contributed by atoms with Gasteiger partial charge in [-0.2, -0.15) is 0 Å². The second kappa shape index (κ2) is 11.1. The monoisotopic (exact) mass is 504 g/mol. The molecule has 0 heterocycles. The van der Waals surface area contributed by atoms with Gasteiger partial charge in [0.1, 0.15) is 0 Å². The lowest BCUT2D eigenvalue weighted by atomic mass is 9.51. The molecule has 6 fully saturated rings. The highest BCUT2D eigenvalue weighted by atomic mass is 16.3. The van der Waals surface area contributed by atoms with Crippen molar-refractivity contribution < 1.29 is 5.11 Å². The number of hydrogen-bond donors (Lipinski definition) is 1. The van der Waals surface area contributed by atoms with Gasteiger partial charge in [-0.05, 0) is 149 Å². The van der Waals surface area contributed by atoms with Gasteiger partial charge in [0, 0.05) is 0 Å². The normalized spacial score (nSPS) is 49.1. The number of aliphatic hydroxyl groups excluding tert-OH is 1. The third-order valence-electron chi connectivity index (χ3n) is 13.6. The van der Waals surface area contributed by atoms with Crippen molar-refractivity contribution >= 4 is 0 Å². The van der Waals surface area contributed by atoms with Gasteiger partial charge in [0.25, 0.3) is 0 Å². The average molecular weight is 505 g/mol. The Balaban J connectivity index is 1.10. The van der Waals surface area contributed by atoms with Crippen LogP contribution in [-0.4, -0.2) is 11.2 Å². The molecule has 0 spiro atoms. The lowest BCUT2D eigenvalue weighted by Crippen LogP contribution is -2.50. The second-order valence-electron chi connectivity index (χ2n) is 15.1. The van der Waals surface area contributed by atoms with E-state index in [0.717, 1.165) is 47.3 Å². The molecular formula is C36H56O. The van der Waals surface area contributed by atoms with Gasteiger partial charge in [-0.3, -0.25) is 0 Å². The molecule has 7 aliphatic rings. The minimum absolute atomic E-state index is 0.00772. The minimum atomic E-state index is -0.00772. The first-order chi connectivity index (χ1) is 18.3. The lowest BCUT2D eigenvalue weighted by Gasteiger charge is -2.55. The van der Waals surface area contributed by atoms with Crippen LogP contribution in [0.25, 0.3) is 0 Å². The highest BCUT2D eigenvalue weighted by Gasteiger charge is 2.51. The Bertz CT molecular complexity index is 839. The van der Waals surface area contributed by atoms with Gasteiger partial charge in [-0.1, -0.05) is 68.2 Å². The first-order valence-corrected chi connectivity index (χ1v) is 17.3. The summed E-state index contributed by atoms with van der Waals surface area (Å²) in [6.07, 6.45) is 35.3. The molecule has 0 aromatic heterocycles. The van der Waals surface area contributed by atoms with Crippen LogP contribution < -0.4 is 0 Å². The summed E-state index contributed by atoms with van der Waals surface area (Å²) in [5.74, 6) is 8.38. The zero-order valence-electron chi connectivity index (χ0n) is 23.8. The van der Waals surface area contributed by atoms with E-state index in [1.165, 1.54) is 135 Å². The molecule has 0 aromatic carbocycles. The third-order valence-corrected chi connectivity index (χ3v) is 13.6. The van der Waals surface area contributed by atoms with Gasteiger partial charge in [-0.25, -0.2) is 0 Å². The van der Waals surface area contributed by atoms with Crippen LogP contribution in [0.3, 0.4) is 0 Å². The van der Waals surface area contributed by atoms with Gasteiger partial charge in [0.2, 0.25) is 0 Å². The van der Waals surface area contributed by atoms with Gasteiger partial charge < -0.3 is 5.11 Å². The summed E-state index contributed by atoms with van der Waals surface area (Å²) in [5.41, 5.74) is 3.93. The van der Waals surface area contributed by atoms with Crippen LogP contribution in [0.2, 0.25) is 0 Å². The maximum absolute atomic E-state index is 11.9. The molecule has 0 aliphatic heterocycles. The van der Waals surface area contributed by atoms with E-state index >= 15 is 0 Å². The molecule has 0 saturated heterocycles. The predicted molar refractivity (Wildman–Crippen MR) is 154 cm³/mol. The molecule has 8 unspecified atom stereocenters. The van der Waals surface area contributed by atoms with Crippen LogP contribution in [-0.2, 0) is 0 Å². The maximum atomic E-state index is 11.9. The van der Waals surface area contributed by atoms with Crippen molar-refractivity contribution in [2.24, 2.45) is 59.2 Å². The smallest absolute Gasteiger partial charge is 0.0608 e. The summed E-state index contributed by atoms with van der Waals surface area (Å²) < 4.78 is 0. The Kier molecular flexibility index (Phi) is 7.65. The van der Waals surface area contributed by atoms with E-state index in [9.17, 15) is 5.11 Å². The predicted octanol–water partition coefficient (Wildman–Crippen LogP) is 9.65. The molecule has 7 aliphatic carbocycles. The molecule has 6 saturated carbocycles. The summed E-state index contributed by atoms with van der Waals surface area (Å²) in [6, 6.07) is 0. The molecule has 1 N–H and O–H groups in total. The second-order valence-corrected chi connectivity index (χ2v) is 15.1. The zero-order chi connectivity index (χ0) is 24.8. The van der Waals surface area contributed by atoms with Crippen molar-refractivity contribution in [2.45, 2.75) is 141 Å². The van der Waals surface area contributed by atoms with Crippen LogP contribution in [0.15, 0.2) is 23.3 Å². The third kappa shape index (κ3) is 4.85. The highest BCUT2D eigenvalue weighted by Crippen LogP contribution is 2.59. The summed E-state index contributed by atoms with van der Waals surface area (Å²) in [5, 5.41) is 11.9. The number of aliphatic hydroxyl groups is 1. The van der Waals surface area contributed by atoms with Crippen LogP contribution in [0.1, 0.15) is 135 Å². The summed E-state index contributed by atoms with van der Waals surface area (Å²) in [6.45, 7) is 0. The van der Waals surface area contributed by atoms with E-state index in [0.29, 0.717) is 11.8 Å². The van der Waals surface area contributed by atoms with Crippen molar-refractivity contribution in [1.29, 1.82) is 0 Å². The molecule has 206 valence electrons. The topological polar surface area (TPSA) is 20.2 Å². The van der Waals surface area contributed by atoms with Crippen LogP contribution in [0.5, 0.6) is 0 Å². The Morgan fingerprint density at radius 1 is 0.486 bits per heavy atom. The lowest BCUT2D eigenvalue weighted by molar-refractivity contribution is -0.0641. The van der Waals surface area contributed by atoms with E-state index in [1.807, 2.05) is 11.1 Å². The molecule has 0 bridgehead atoms. The Hall–Kier alpha value is -0.560. The molecule has 8 atom stereocenters. The van der Waals surface area contributed by atoms with Gasteiger partial charge in [0.15, 0.2) is 0 Å². The fourth-order valence-corrected chi connectivity index (χ4v) is 11.9. The fourth-order valence-electron chi connectivity index (χ4n) is 11.9. The van der Waals surface area contributed by atoms with Gasteiger partial charge >= 0.3 is 0 Å². The molecular weight excluding hydrogens is 448 g/mol. The van der Waals surface area contributed by atoms with Gasteiger partial charge in [0.05, 0.1) is 6.10 Å². The molecule has 0 aromatic rings. The molecule has 1 nitrogen and oxygen atoms in total. The Labute approximate surface area is 228 Å². The van der Waals surface area contributed by atoms with E-state index in [1.54, 1.807) is 0 Å². The SMILES string of the molecule is OC1C2CCCCC2/C(=C2\CCCC3CC=CCC23)C2CCC(C3CCC(C4CCCCC4)CC3)CC21. The van der Waals surface area contributed by atoms with Crippen molar-refractivity contribution in [1.82, 2.24) is 0 Å². The summed E-state index contributed by atoms with van der Waals surface area (Å²) in [7, 11) is 0.